The van der Waals surface area contributed by atoms with Gasteiger partial charge in [0.05, 0.1) is 62.8 Å². The summed E-state index contributed by atoms with van der Waals surface area (Å²) in [5, 5.41) is 37.3. The molecular weight excluding hydrogens is 1000 g/mol. The Morgan fingerprint density at radius 2 is 1.00 bits per heavy atom. The number of pyridine rings is 4. The summed E-state index contributed by atoms with van der Waals surface area (Å²) in [6.07, 6.45) is 7.15. The smallest absolute Gasteiger partial charge is 0.753 e. The number of aromatic carboxylic acids is 1. The minimum Gasteiger partial charge on any atom is -0.753 e. The van der Waals surface area contributed by atoms with Gasteiger partial charge in [0, 0.05) is 52.7 Å². The van der Waals surface area contributed by atoms with E-state index in [-0.39, 0.29) is 25.0 Å². The Morgan fingerprint density at radius 1 is 0.531 bits per heavy atom. The number of fused-ring (bicyclic) bond motifs is 8. The molecule has 0 spiro atoms. The molecule has 12 rings (SSSR count). The monoisotopic (exact) mass is 1030 g/mol. The minimum absolute atomic E-state index is 0. The second-order valence-corrected chi connectivity index (χ2v) is 17.9. The van der Waals surface area contributed by atoms with E-state index in [9.17, 15) is 4.79 Å². The summed E-state index contributed by atoms with van der Waals surface area (Å²) in [4.78, 5) is 28.9. The number of thiocarbonyl (C=S) groups is 2. The zero-order chi connectivity index (χ0) is 43.5. The van der Waals surface area contributed by atoms with Gasteiger partial charge in [-0.1, -0.05) is 66.9 Å². The number of aromatic nitrogens is 6. The maximum Gasteiger partial charge on any atom is 2.00 e. The van der Waals surface area contributed by atoms with Crippen LogP contribution >= 0.6 is 69.8 Å². The first-order valence-corrected chi connectivity index (χ1v) is 23.0. The number of thiophene rings is 4. The van der Waals surface area contributed by atoms with Crippen molar-refractivity contribution in [1.82, 2.24) is 29.1 Å². The first kappa shape index (κ1) is 44.3. The summed E-state index contributed by atoms with van der Waals surface area (Å²) >= 11 is 14.6. The predicted molar refractivity (Wildman–Crippen MR) is 269 cm³/mol. The van der Waals surface area contributed by atoms with Crippen LogP contribution in [0.25, 0.3) is 106 Å². The third-order valence-electron chi connectivity index (χ3n) is 10.0. The van der Waals surface area contributed by atoms with Crippen LogP contribution < -0.4 is 0 Å². The Bertz CT molecular complexity index is 3450. The van der Waals surface area contributed by atoms with Gasteiger partial charge in [-0.05, 0) is 83.6 Å². The Labute approximate surface area is 403 Å². The largest absolute Gasteiger partial charge is 2.00 e. The Balaban J connectivity index is 0.000000214. The molecule has 0 unspecified atom stereocenters. The number of nitrogens with zero attached hydrogens (tertiary/aromatic N) is 8. The second-order valence-electron chi connectivity index (χ2n) is 13.5. The molecular formula is C47H26N8O2RuS6. The summed E-state index contributed by atoms with van der Waals surface area (Å²) in [6, 6.07) is 39.1. The summed E-state index contributed by atoms with van der Waals surface area (Å²) in [5.74, 6) is -0.963. The molecule has 1 N–H and O–H groups in total. The molecule has 0 aliphatic rings. The molecule has 0 radical (unpaired) electrons. The summed E-state index contributed by atoms with van der Waals surface area (Å²) in [6.45, 7) is 0. The quantitative estimate of drug-likeness (QED) is 0.102. The number of benzene rings is 2. The van der Waals surface area contributed by atoms with Gasteiger partial charge in [-0.25, -0.2) is 4.79 Å². The van der Waals surface area contributed by atoms with Gasteiger partial charge in [0.1, 0.15) is 10.0 Å². The summed E-state index contributed by atoms with van der Waals surface area (Å²) in [7, 11) is 0. The maximum absolute atomic E-state index is 10.7. The molecule has 17 heteroatoms. The molecule has 0 amide bonds. The van der Waals surface area contributed by atoms with Crippen molar-refractivity contribution >= 4 is 148 Å². The van der Waals surface area contributed by atoms with Crippen molar-refractivity contribution in [2.24, 2.45) is 0 Å². The van der Waals surface area contributed by atoms with E-state index in [1.54, 1.807) is 41.0 Å². The van der Waals surface area contributed by atoms with Crippen LogP contribution in [0, 0.1) is 0 Å². The normalized spacial score (nSPS) is 10.6. The van der Waals surface area contributed by atoms with E-state index in [4.69, 9.17) is 25.9 Å². The molecule has 310 valence electrons. The molecule has 10 nitrogen and oxygen atoms in total. The Hall–Kier alpha value is -6.35. The molecule has 0 saturated carbocycles. The first-order valence-electron chi connectivity index (χ1n) is 18.8. The molecule has 10 aromatic heterocycles. The summed E-state index contributed by atoms with van der Waals surface area (Å²) < 4.78 is 10.0. The van der Waals surface area contributed by atoms with Crippen LogP contribution in [-0.2, 0) is 19.5 Å². The van der Waals surface area contributed by atoms with E-state index in [0.29, 0.717) is 11.4 Å². The van der Waals surface area contributed by atoms with Crippen molar-refractivity contribution in [2.45, 2.75) is 0 Å². The number of carboxylic acid groups (broad SMARTS) is 1. The average molecular weight is 1030 g/mol. The summed E-state index contributed by atoms with van der Waals surface area (Å²) in [5.41, 5.74) is 7.83. The third-order valence-corrected chi connectivity index (χ3v) is 14.2. The SMILES string of the molecule is O=C(O)c1ccnc(-c2ccccn2)c1.[N-]=C=S.[N-]=C=S.[Ru+2].c1ccc2c(c1)c1cc(-c3cc4c5ccccc5n(-c5cc6sccc6s5)c4cn3)ncc1n2-c1cc2sccc2s1. The Morgan fingerprint density at radius 3 is 1.47 bits per heavy atom. The zero-order valence-electron chi connectivity index (χ0n) is 32.7. The molecule has 64 heavy (non-hydrogen) atoms. The molecule has 0 saturated heterocycles. The van der Waals surface area contributed by atoms with E-state index in [2.05, 4.69) is 139 Å². The van der Waals surface area contributed by atoms with Crippen molar-refractivity contribution < 1.29 is 29.4 Å². The number of hydrogen-bond acceptors (Lipinski definition) is 11. The first-order chi connectivity index (χ1) is 30.9. The van der Waals surface area contributed by atoms with Gasteiger partial charge >= 0.3 is 25.4 Å². The van der Waals surface area contributed by atoms with E-state index >= 15 is 0 Å². The topological polar surface area (TPSA) is 143 Å². The van der Waals surface area contributed by atoms with Gasteiger partial charge in [-0.3, -0.25) is 29.1 Å². The van der Waals surface area contributed by atoms with Gasteiger partial charge in [-0.15, -0.1) is 45.3 Å². The van der Waals surface area contributed by atoms with Gasteiger partial charge in [0.25, 0.3) is 0 Å². The molecule has 0 aliphatic heterocycles. The number of isothiocyanates is 2. The van der Waals surface area contributed by atoms with Gasteiger partial charge in [0.2, 0.25) is 0 Å². The molecule has 10 heterocycles. The molecule has 0 fully saturated rings. The molecule has 0 bridgehead atoms. The van der Waals surface area contributed by atoms with E-state index in [0.717, 1.165) is 22.4 Å². The fourth-order valence-corrected chi connectivity index (χ4v) is 11.7. The van der Waals surface area contributed by atoms with Crippen LogP contribution in [0.5, 0.6) is 0 Å². The van der Waals surface area contributed by atoms with Crippen molar-refractivity contribution in [3.05, 3.63) is 167 Å². The van der Waals surface area contributed by atoms with Crippen LogP contribution in [0.3, 0.4) is 0 Å². The zero-order valence-corrected chi connectivity index (χ0v) is 39.3. The van der Waals surface area contributed by atoms with Gasteiger partial charge in [0.15, 0.2) is 0 Å². The van der Waals surface area contributed by atoms with E-state index < -0.39 is 5.97 Å². The maximum atomic E-state index is 10.7. The number of hydrogen-bond donors (Lipinski definition) is 1. The third kappa shape index (κ3) is 8.52. The van der Waals surface area contributed by atoms with Gasteiger partial charge < -0.3 is 15.9 Å². The Kier molecular flexibility index (Phi) is 13.5. The van der Waals surface area contributed by atoms with Crippen LogP contribution in [0.2, 0.25) is 0 Å². The molecule has 0 atom stereocenters. The molecule has 0 aliphatic carbocycles. The second kappa shape index (κ2) is 19.6. The molecule has 12 aromatic rings. The van der Waals surface area contributed by atoms with E-state index in [1.165, 1.54) is 90.0 Å². The fraction of sp³-hybridized carbons (Fsp3) is 0. The predicted octanol–water partition coefficient (Wildman–Crippen LogP) is 14.0. The van der Waals surface area contributed by atoms with Crippen LogP contribution in [0.4, 0.5) is 0 Å². The van der Waals surface area contributed by atoms with Gasteiger partial charge in [-0.2, -0.15) is 10.3 Å². The van der Waals surface area contributed by atoms with Crippen LogP contribution in [0.15, 0.2) is 151 Å². The standard InChI is InChI=1S/C34H18N4S4.C11H8N2O2.2CNS.Ru/c1-3-7-25-19(5-1)21-13-23(35-17-27(21)37(25)33-15-31-29(41-33)9-11-39-31)24-14-22-20-6-2-4-8-26(20)38(28(22)18-36-24)34-16-32-30(42-34)10-12-40-32;14-11(15)8-4-6-13-10(7-8)9-3-1-2-5-12-9;2*2-1-3;/h1-18H;1-7H,(H,14,15);;;/q;;2*-1;+2. The number of carboxylic acids is 1. The fourth-order valence-electron chi connectivity index (χ4n) is 7.44. The van der Waals surface area contributed by atoms with Crippen LogP contribution in [-0.4, -0.2) is 50.5 Å². The van der Waals surface area contributed by atoms with Crippen molar-refractivity contribution in [2.75, 3.05) is 0 Å². The molecule has 2 aromatic carbocycles. The number of rotatable bonds is 5. The van der Waals surface area contributed by atoms with Crippen molar-refractivity contribution in [1.29, 1.82) is 0 Å². The van der Waals surface area contributed by atoms with E-state index in [1.807, 2.05) is 41.1 Å². The number of carbonyl (C=O) groups is 1. The van der Waals surface area contributed by atoms with Crippen LogP contribution in [0.1, 0.15) is 10.4 Å². The minimum atomic E-state index is -0.963. The number of para-hydroxylation sites is 2. The van der Waals surface area contributed by atoms with Crippen molar-refractivity contribution in [3.63, 3.8) is 0 Å². The van der Waals surface area contributed by atoms with Crippen molar-refractivity contribution in [3.8, 4) is 32.8 Å². The average Bonchev–Trinajstić information content (AvgIpc) is 4.17.